The van der Waals surface area contributed by atoms with E-state index in [1.165, 1.54) is 12.1 Å². The molecule has 1 heterocycles. The summed E-state index contributed by atoms with van der Waals surface area (Å²) in [6.45, 7) is 0. The molecule has 0 aliphatic rings. The van der Waals surface area contributed by atoms with E-state index < -0.39 is 6.04 Å². The van der Waals surface area contributed by atoms with Crippen LogP contribution in [0.25, 0.3) is 0 Å². The molecule has 1 atom stereocenters. The molecule has 0 saturated carbocycles. The molecule has 2 aromatic carbocycles. The van der Waals surface area contributed by atoms with Gasteiger partial charge in [0.05, 0.1) is 0 Å². The first-order valence-corrected chi connectivity index (χ1v) is 6.60. The molecule has 21 heavy (non-hydrogen) atoms. The predicted molar refractivity (Wildman–Crippen MR) is 76.0 cm³/mol. The summed E-state index contributed by atoms with van der Waals surface area (Å²) in [7, 11) is 0. The fourth-order valence-corrected chi connectivity index (χ4v) is 2.05. The Labute approximate surface area is 121 Å². The Morgan fingerprint density at radius 1 is 1.05 bits per heavy atom. The number of hydrogen-bond donors (Lipinski definition) is 1. The molecule has 0 aliphatic heterocycles. The highest BCUT2D eigenvalue weighted by Crippen LogP contribution is 2.18. The SMILES string of the molecule is NC(c1ccccc1)c1nc(Cc2ccc(F)cc2)no1. The van der Waals surface area contributed by atoms with Crippen molar-refractivity contribution >= 4 is 0 Å². The molecule has 0 radical (unpaired) electrons. The van der Waals surface area contributed by atoms with E-state index in [0.29, 0.717) is 18.1 Å². The van der Waals surface area contributed by atoms with Crippen LogP contribution in [0.2, 0.25) is 0 Å². The summed E-state index contributed by atoms with van der Waals surface area (Å²) in [4.78, 5) is 4.31. The van der Waals surface area contributed by atoms with Crippen LogP contribution in [0, 0.1) is 5.82 Å². The van der Waals surface area contributed by atoms with E-state index >= 15 is 0 Å². The van der Waals surface area contributed by atoms with Crippen molar-refractivity contribution in [2.75, 3.05) is 0 Å². The standard InChI is InChI=1S/C16H14FN3O/c17-13-8-6-11(7-9-13)10-14-19-16(21-20-14)15(18)12-4-2-1-3-5-12/h1-9,15H,10,18H2. The fraction of sp³-hybridized carbons (Fsp3) is 0.125. The average molecular weight is 283 g/mol. The number of hydrogen-bond acceptors (Lipinski definition) is 4. The lowest BCUT2D eigenvalue weighted by Gasteiger charge is -2.05. The Morgan fingerprint density at radius 3 is 2.48 bits per heavy atom. The third-order valence-corrected chi connectivity index (χ3v) is 3.18. The molecule has 2 N–H and O–H groups in total. The van der Waals surface area contributed by atoms with Gasteiger partial charge in [0.1, 0.15) is 11.9 Å². The second-order valence-electron chi connectivity index (χ2n) is 4.74. The van der Waals surface area contributed by atoms with Gasteiger partial charge in [-0.25, -0.2) is 4.39 Å². The van der Waals surface area contributed by atoms with Crippen molar-refractivity contribution in [3.05, 3.63) is 83.3 Å². The summed E-state index contributed by atoms with van der Waals surface area (Å²) in [5.41, 5.74) is 7.92. The second-order valence-corrected chi connectivity index (χ2v) is 4.74. The minimum absolute atomic E-state index is 0.265. The minimum atomic E-state index is -0.444. The van der Waals surface area contributed by atoms with Crippen LogP contribution < -0.4 is 5.73 Å². The monoisotopic (exact) mass is 283 g/mol. The van der Waals surface area contributed by atoms with Crippen molar-refractivity contribution in [1.29, 1.82) is 0 Å². The second kappa shape index (κ2) is 5.85. The highest BCUT2D eigenvalue weighted by Gasteiger charge is 2.16. The van der Waals surface area contributed by atoms with Crippen LogP contribution in [0.15, 0.2) is 59.1 Å². The summed E-state index contributed by atoms with van der Waals surface area (Å²) in [5, 5.41) is 3.92. The molecule has 0 spiro atoms. The molecular formula is C16H14FN3O. The van der Waals surface area contributed by atoms with E-state index in [-0.39, 0.29) is 5.82 Å². The highest BCUT2D eigenvalue weighted by atomic mass is 19.1. The fourth-order valence-electron chi connectivity index (χ4n) is 2.05. The summed E-state index contributed by atoms with van der Waals surface area (Å²) in [6.07, 6.45) is 0.477. The molecule has 0 saturated heterocycles. The van der Waals surface area contributed by atoms with Gasteiger partial charge in [-0.15, -0.1) is 0 Å². The van der Waals surface area contributed by atoms with Gasteiger partial charge in [-0.2, -0.15) is 4.98 Å². The van der Waals surface area contributed by atoms with Gasteiger partial charge in [0.15, 0.2) is 5.82 Å². The molecule has 4 nitrogen and oxygen atoms in total. The summed E-state index contributed by atoms with van der Waals surface area (Å²) in [6, 6.07) is 15.3. The highest BCUT2D eigenvalue weighted by molar-refractivity contribution is 5.24. The average Bonchev–Trinajstić information content (AvgIpc) is 2.98. The van der Waals surface area contributed by atoms with Gasteiger partial charge >= 0.3 is 0 Å². The van der Waals surface area contributed by atoms with E-state index in [0.717, 1.165) is 11.1 Å². The lowest BCUT2D eigenvalue weighted by molar-refractivity contribution is 0.363. The molecule has 0 bridgehead atoms. The lowest BCUT2D eigenvalue weighted by atomic mass is 10.1. The van der Waals surface area contributed by atoms with Crippen molar-refractivity contribution in [2.45, 2.75) is 12.5 Å². The van der Waals surface area contributed by atoms with Gasteiger partial charge in [-0.1, -0.05) is 47.6 Å². The third-order valence-electron chi connectivity index (χ3n) is 3.18. The van der Waals surface area contributed by atoms with Gasteiger partial charge in [-0.3, -0.25) is 0 Å². The van der Waals surface area contributed by atoms with Crippen molar-refractivity contribution in [3.8, 4) is 0 Å². The maximum absolute atomic E-state index is 12.9. The molecule has 106 valence electrons. The van der Waals surface area contributed by atoms with Crippen molar-refractivity contribution in [1.82, 2.24) is 10.1 Å². The molecule has 3 rings (SSSR count). The van der Waals surface area contributed by atoms with Crippen LogP contribution in [-0.4, -0.2) is 10.1 Å². The quantitative estimate of drug-likeness (QED) is 0.799. The van der Waals surface area contributed by atoms with E-state index in [1.54, 1.807) is 12.1 Å². The smallest absolute Gasteiger partial charge is 0.248 e. The van der Waals surface area contributed by atoms with E-state index in [4.69, 9.17) is 10.3 Å². The molecule has 0 amide bonds. The molecular weight excluding hydrogens is 269 g/mol. The van der Waals surface area contributed by atoms with Gasteiger partial charge in [0.25, 0.3) is 0 Å². The molecule has 5 heteroatoms. The maximum Gasteiger partial charge on any atom is 0.248 e. The van der Waals surface area contributed by atoms with Gasteiger partial charge in [-0.05, 0) is 23.3 Å². The molecule has 0 aliphatic carbocycles. The first-order valence-electron chi connectivity index (χ1n) is 6.60. The predicted octanol–water partition coefficient (Wildman–Crippen LogP) is 2.85. The Hall–Kier alpha value is -2.53. The van der Waals surface area contributed by atoms with Crippen LogP contribution in [0.1, 0.15) is 28.9 Å². The van der Waals surface area contributed by atoms with Gasteiger partial charge < -0.3 is 10.3 Å². The Balaban J connectivity index is 1.75. The Kier molecular flexibility index (Phi) is 3.75. The van der Waals surface area contributed by atoms with Gasteiger partial charge in [0, 0.05) is 6.42 Å². The maximum atomic E-state index is 12.9. The van der Waals surface area contributed by atoms with Gasteiger partial charge in [0.2, 0.25) is 5.89 Å². The van der Waals surface area contributed by atoms with Crippen molar-refractivity contribution < 1.29 is 8.91 Å². The molecule has 0 fully saturated rings. The summed E-state index contributed by atoms with van der Waals surface area (Å²) in [5.74, 6) is 0.639. The zero-order valence-corrected chi connectivity index (χ0v) is 11.2. The lowest BCUT2D eigenvalue weighted by Crippen LogP contribution is -2.12. The zero-order chi connectivity index (χ0) is 14.7. The molecule has 1 unspecified atom stereocenters. The Morgan fingerprint density at radius 2 is 1.76 bits per heavy atom. The first-order chi connectivity index (χ1) is 10.2. The third kappa shape index (κ3) is 3.14. The Bertz CT molecular complexity index is 710. The van der Waals surface area contributed by atoms with E-state index in [1.807, 2.05) is 30.3 Å². The van der Waals surface area contributed by atoms with Crippen LogP contribution in [0.5, 0.6) is 0 Å². The largest absolute Gasteiger partial charge is 0.337 e. The molecule has 1 aromatic heterocycles. The van der Waals surface area contributed by atoms with Crippen LogP contribution in [-0.2, 0) is 6.42 Å². The minimum Gasteiger partial charge on any atom is -0.337 e. The number of halogens is 1. The number of nitrogens with two attached hydrogens (primary N) is 1. The summed E-state index contributed by atoms with van der Waals surface area (Å²) < 4.78 is 18.1. The zero-order valence-electron chi connectivity index (χ0n) is 11.2. The number of nitrogens with zero attached hydrogens (tertiary/aromatic N) is 2. The number of rotatable bonds is 4. The number of aromatic nitrogens is 2. The summed E-state index contributed by atoms with van der Waals surface area (Å²) >= 11 is 0. The molecule has 3 aromatic rings. The number of benzene rings is 2. The topological polar surface area (TPSA) is 64.9 Å². The normalized spacial score (nSPS) is 12.3. The van der Waals surface area contributed by atoms with Crippen molar-refractivity contribution in [2.24, 2.45) is 5.73 Å². The van der Waals surface area contributed by atoms with Crippen LogP contribution in [0.3, 0.4) is 0 Å². The van der Waals surface area contributed by atoms with Crippen LogP contribution in [0.4, 0.5) is 4.39 Å². The van der Waals surface area contributed by atoms with E-state index in [9.17, 15) is 4.39 Å². The van der Waals surface area contributed by atoms with Crippen molar-refractivity contribution in [3.63, 3.8) is 0 Å². The first kappa shape index (κ1) is 13.5. The van der Waals surface area contributed by atoms with Crippen LogP contribution >= 0.6 is 0 Å². The van der Waals surface area contributed by atoms with E-state index in [2.05, 4.69) is 10.1 Å².